The number of aromatic nitrogens is 3. The van der Waals surface area contributed by atoms with Crippen molar-refractivity contribution >= 4 is 11.6 Å². The van der Waals surface area contributed by atoms with Crippen molar-refractivity contribution in [3.63, 3.8) is 0 Å². The quantitative estimate of drug-likeness (QED) is 0.728. The minimum atomic E-state index is -0.512. The third-order valence-electron chi connectivity index (χ3n) is 3.98. The first kappa shape index (κ1) is 15.3. The minimum absolute atomic E-state index is 0.0804. The Morgan fingerprint density at radius 1 is 1.16 bits per heavy atom. The molecule has 1 amide bonds. The predicted octanol–water partition coefficient (Wildman–Crippen LogP) is 2.49. The first-order valence-electron chi connectivity index (χ1n) is 8.03. The molecule has 3 aromatic rings. The summed E-state index contributed by atoms with van der Waals surface area (Å²) in [6.07, 6.45) is 1.62. The van der Waals surface area contributed by atoms with Crippen molar-refractivity contribution in [2.24, 2.45) is 0 Å². The van der Waals surface area contributed by atoms with E-state index in [9.17, 15) is 4.79 Å². The van der Waals surface area contributed by atoms with E-state index in [4.69, 9.17) is 9.26 Å². The van der Waals surface area contributed by atoms with Gasteiger partial charge in [-0.25, -0.2) is 0 Å². The van der Waals surface area contributed by atoms with E-state index in [1.807, 2.05) is 42.5 Å². The summed E-state index contributed by atoms with van der Waals surface area (Å²) >= 11 is 0. The fourth-order valence-electron chi connectivity index (χ4n) is 2.75. The van der Waals surface area contributed by atoms with Crippen molar-refractivity contribution in [2.45, 2.75) is 19.4 Å². The maximum atomic E-state index is 12.5. The maximum absolute atomic E-state index is 12.5. The molecule has 0 fully saturated rings. The molecule has 0 aliphatic carbocycles. The fourth-order valence-corrected chi connectivity index (χ4v) is 2.75. The van der Waals surface area contributed by atoms with Gasteiger partial charge in [0.1, 0.15) is 11.4 Å². The Balaban J connectivity index is 1.52. The lowest BCUT2D eigenvalue weighted by atomic mass is 10.2. The Morgan fingerprint density at radius 2 is 2.00 bits per heavy atom. The van der Waals surface area contributed by atoms with Crippen LogP contribution in [-0.4, -0.2) is 33.7 Å². The number of rotatable bonds is 4. The largest absolute Gasteiger partial charge is 0.479 e. The van der Waals surface area contributed by atoms with Crippen molar-refractivity contribution < 1.29 is 14.1 Å². The van der Waals surface area contributed by atoms with Crippen molar-refractivity contribution in [1.82, 2.24) is 15.1 Å². The van der Waals surface area contributed by atoms with Gasteiger partial charge in [-0.3, -0.25) is 9.78 Å². The molecular formula is C18H16N4O3. The van der Waals surface area contributed by atoms with Crippen molar-refractivity contribution in [3.8, 4) is 17.3 Å². The van der Waals surface area contributed by atoms with E-state index in [1.165, 1.54) is 0 Å². The zero-order chi connectivity index (χ0) is 17.2. The van der Waals surface area contributed by atoms with Crippen molar-refractivity contribution in [1.29, 1.82) is 0 Å². The van der Waals surface area contributed by atoms with Crippen molar-refractivity contribution in [3.05, 3.63) is 54.6 Å². The average Bonchev–Trinajstić information content (AvgIpc) is 3.12. The molecule has 7 heteroatoms. The highest BCUT2D eigenvalue weighted by atomic mass is 16.5. The first-order chi connectivity index (χ1) is 12.2. The molecule has 0 saturated heterocycles. The van der Waals surface area contributed by atoms with Crippen LogP contribution in [0.3, 0.4) is 0 Å². The summed E-state index contributed by atoms with van der Waals surface area (Å²) in [5.41, 5.74) is 1.41. The molecule has 126 valence electrons. The summed E-state index contributed by atoms with van der Waals surface area (Å²) in [6.45, 7) is 2.19. The number of pyridine rings is 1. The van der Waals surface area contributed by atoms with E-state index < -0.39 is 6.10 Å². The van der Waals surface area contributed by atoms with E-state index in [0.717, 1.165) is 5.69 Å². The second-order valence-corrected chi connectivity index (χ2v) is 5.69. The third kappa shape index (κ3) is 2.96. The van der Waals surface area contributed by atoms with Gasteiger partial charge < -0.3 is 14.2 Å². The topological polar surface area (TPSA) is 81.3 Å². The highest BCUT2D eigenvalue weighted by Crippen LogP contribution is 2.33. The molecule has 1 atom stereocenters. The molecule has 0 spiro atoms. The number of ether oxygens (including phenoxy) is 1. The van der Waals surface area contributed by atoms with Gasteiger partial charge in [-0.2, -0.15) is 4.98 Å². The van der Waals surface area contributed by atoms with Crippen LogP contribution in [0.25, 0.3) is 11.5 Å². The summed E-state index contributed by atoms with van der Waals surface area (Å²) < 4.78 is 10.9. The van der Waals surface area contributed by atoms with Gasteiger partial charge in [0.2, 0.25) is 11.7 Å². The number of carbonyl (C=O) groups is 1. The van der Waals surface area contributed by atoms with E-state index in [1.54, 1.807) is 18.0 Å². The summed E-state index contributed by atoms with van der Waals surface area (Å²) in [6, 6.07) is 13.0. The molecule has 4 rings (SSSR count). The number of anilines is 1. The Kier molecular flexibility index (Phi) is 3.89. The van der Waals surface area contributed by atoms with E-state index >= 15 is 0 Å². The number of hydrogen-bond donors (Lipinski definition) is 0. The second-order valence-electron chi connectivity index (χ2n) is 5.69. The lowest BCUT2D eigenvalue weighted by Gasteiger charge is -2.32. The number of amides is 1. The number of fused-ring (bicyclic) bond motifs is 1. The number of para-hydroxylation sites is 2. The molecule has 0 saturated carbocycles. The summed E-state index contributed by atoms with van der Waals surface area (Å²) in [4.78, 5) is 22.7. The van der Waals surface area contributed by atoms with Crippen LogP contribution in [0.4, 0.5) is 5.69 Å². The molecule has 2 aromatic heterocycles. The number of benzene rings is 1. The molecule has 1 aliphatic rings. The van der Waals surface area contributed by atoms with Gasteiger partial charge in [0.15, 0.2) is 6.10 Å². The lowest BCUT2D eigenvalue weighted by Crippen LogP contribution is -2.45. The SMILES string of the molecule is C[C@H]1Oc2ccccc2N(CCc2nc(-c3ccccn3)no2)C1=O. The number of carbonyl (C=O) groups excluding carboxylic acids is 1. The van der Waals surface area contributed by atoms with E-state index in [0.29, 0.717) is 36.1 Å². The van der Waals surface area contributed by atoms with Crippen LogP contribution in [-0.2, 0) is 11.2 Å². The normalized spacial score (nSPS) is 16.4. The molecule has 25 heavy (non-hydrogen) atoms. The van der Waals surface area contributed by atoms with Crippen LogP contribution in [0.5, 0.6) is 5.75 Å². The van der Waals surface area contributed by atoms with Gasteiger partial charge in [-0.1, -0.05) is 23.4 Å². The monoisotopic (exact) mass is 336 g/mol. The van der Waals surface area contributed by atoms with Gasteiger partial charge in [-0.15, -0.1) is 0 Å². The third-order valence-corrected chi connectivity index (χ3v) is 3.98. The molecule has 0 N–H and O–H groups in total. The highest BCUT2D eigenvalue weighted by Gasteiger charge is 2.31. The molecule has 3 heterocycles. The van der Waals surface area contributed by atoms with Gasteiger partial charge in [0, 0.05) is 19.2 Å². The Bertz CT molecular complexity index is 894. The highest BCUT2D eigenvalue weighted by molar-refractivity contribution is 5.99. The average molecular weight is 336 g/mol. The number of hydrogen-bond acceptors (Lipinski definition) is 6. The van der Waals surface area contributed by atoms with E-state index in [-0.39, 0.29) is 5.91 Å². The molecule has 7 nitrogen and oxygen atoms in total. The van der Waals surface area contributed by atoms with Crippen LogP contribution in [0.1, 0.15) is 12.8 Å². The zero-order valence-electron chi connectivity index (χ0n) is 13.6. The molecular weight excluding hydrogens is 320 g/mol. The molecule has 0 unspecified atom stereocenters. The van der Waals surface area contributed by atoms with Crippen LogP contribution in [0.15, 0.2) is 53.2 Å². The first-order valence-corrected chi connectivity index (χ1v) is 8.03. The Hall–Kier alpha value is -3.22. The Labute approximate surface area is 144 Å². The summed E-state index contributed by atoms with van der Waals surface area (Å²) in [7, 11) is 0. The van der Waals surface area contributed by atoms with Gasteiger partial charge in [-0.05, 0) is 31.2 Å². The van der Waals surface area contributed by atoms with Crippen LogP contribution >= 0.6 is 0 Å². The minimum Gasteiger partial charge on any atom is -0.479 e. The molecule has 1 aliphatic heterocycles. The van der Waals surface area contributed by atoms with Gasteiger partial charge >= 0.3 is 0 Å². The van der Waals surface area contributed by atoms with Gasteiger partial charge in [0.05, 0.1) is 5.69 Å². The second kappa shape index (κ2) is 6.35. The zero-order valence-corrected chi connectivity index (χ0v) is 13.6. The standard InChI is InChI=1S/C18H16N4O3/c1-12-18(23)22(14-7-2-3-8-15(14)24-12)11-9-16-20-17(21-25-16)13-6-4-5-10-19-13/h2-8,10,12H,9,11H2,1H3/t12-/m1/s1. The van der Waals surface area contributed by atoms with Gasteiger partial charge in [0.25, 0.3) is 5.91 Å². The fraction of sp³-hybridized carbons (Fsp3) is 0.222. The summed E-state index contributed by atoms with van der Waals surface area (Å²) in [5, 5.41) is 3.95. The van der Waals surface area contributed by atoms with Crippen molar-refractivity contribution in [2.75, 3.05) is 11.4 Å². The smallest absolute Gasteiger partial charge is 0.267 e. The molecule has 0 radical (unpaired) electrons. The molecule has 1 aromatic carbocycles. The maximum Gasteiger partial charge on any atom is 0.267 e. The Morgan fingerprint density at radius 3 is 2.84 bits per heavy atom. The lowest BCUT2D eigenvalue weighted by molar-refractivity contribution is -0.125. The van der Waals surface area contributed by atoms with E-state index in [2.05, 4.69) is 15.1 Å². The predicted molar refractivity (Wildman–Crippen MR) is 90.1 cm³/mol. The van der Waals surface area contributed by atoms with Crippen LogP contribution in [0.2, 0.25) is 0 Å². The molecule has 0 bridgehead atoms. The summed E-state index contributed by atoms with van der Waals surface area (Å²) in [5.74, 6) is 1.53. The van der Waals surface area contributed by atoms with Crippen LogP contribution < -0.4 is 9.64 Å². The van der Waals surface area contributed by atoms with Crippen LogP contribution in [0, 0.1) is 0 Å². The number of nitrogens with zero attached hydrogens (tertiary/aromatic N) is 4.